The lowest BCUT2D eigenvalue weighted by molar-refractivity contribution is 0.0554. The highest BCUT2D eigenvalue weighted by Gasteiger charge is 2.38. The van der Waals surface area contributed by atoms with Gasteiger partial charge in [-0.15, -0.1) is 0 Å². The van der Waals surface area contributed by atoms with Crippen molar-refractivity contribution >= 4 is 0 Å². The van der Waals surface area contributed by atoms with Crippen LogP contribution in [0.2, 0.25) is 0 Å². The molecule has 1 fully saturated rings. The molecule has 0 amide bonds. The van der Waals surface area contributed by atoms with Gasteiger partial charge in [0.05, 0.1) is 18.3 Å². The van der Waals surface area contributed by atoms with Crippen LogP contribution in [0.4, 0.5) is 0 Å². The lowest BCUT2D eigenvalue weighted by Gasteiger charge is -2.10. The Morgan fingerprint density at radius 3 is 2.39 bits per heavy atom. The van der Waals surface area contributed by atoms with Crippen molar-refractivity contribution in [2.75, 3.05) is 6.61 Å². The van der Waals surface area contributed by atoms with Crippen molar-refractivity contribution in [3.63, 3.8) is 0 Å². The van der Waals surface area contributed by atoms with Crippen LogP contribution in [0.1, 0.15) is 78.6 Å². The van der Waals surface area contributed by atoms with E-state index in [4.69, 9.17) is 9.47 Å². The van der Waals surface area contributed by atoms with Gasteiger partial charge in [0, 0.05) is 13.0 Å². The molecule has 108 valence electrons. The molecule has 0 spiro atoms. The molecule has 0 radical (unpaired) electrons. The first-order valence-electron chi connectivity index (χ1n) is 8.05. The topological polar surface area (TPSA) is 21.8 Å². The molecular formula is C16H32O2. The molecule has 1 heterocycles. The molecule has 2 nitrogen and oxygen atoms in total. The Hall–Kier alpha value is -0.0800. The van der Waals surface area contributed by atoms with Crippen molar-refractivity contribution < 1.29 is 9.47 Å². The van der Waals surface area contributed by atoms with Gasteiger partial charge in [0.1, 0.15) is 0 Å². The summed E-state index contributed by atoms with van der Waals surface area (Å²) in [4.78, 5) is 0. The Morgan fingerprint density at radius 2 is 1.67 bits per heavy atom. The van der Waals surface area contributed by atoms with Crippen molar-refractivity contribution in [2.24, 2.45) is 0 Å². The summed E-state index contributed by atoms with van der Waals surface area (Å²) in [6, 6.07) is 0. The molecule has 1 saturated heterocycles. The summed E-state index contributed by atoms with van der Waals surface area (Å²) >= 11 is 0. The number of rotatable bonds is 12. The molecule has 3 atom stereocenters. The molecule has 1 rings (SSSR count). The number of unbranched alkanes of at least 4 members (excludes halogenated alkanes) is 5. The maximum Gasteiger partial charge on any atom is 0.0866 e. The van der Waals surface area contributed by atoms with Crippen LogP contribution >= 0.6 is 0 Å². The van der Waals surface area contributed by atoms with Gasteiger partial charge in [-0.1, -0.05) is 52.4 Å². The smallest absolute Gasteiger partial charge is 0.0866 e. The van der Waals surface area contributed by atoms with Gasteiger partial charge in [0.15, 0.2) is 0 Å². The summed E-state index contributed by atoms with van der Waals surface area (Å²) in [5, 5.41) is 0. The molecule has 0 saturated carbocycles. The van der Waals surface area contributed by atoms with E-state index in [-0.39, 0.29) is 0 Å². The SMILES string of the molecule is CCCCCCCCC1OC1CC(C)OCCC. The van der Waals surface area contributed by atoms with E-state index >= 15 is 0 Å². The summed E-state index contributed by atoms with van der Waals surface area (Å²) in [5.74, 6) is 0. The fourth-order valence-corrected chi connectivity index (χ4v) is 2.48. The number of epoxide rings is 1. The molecule has 1 aliphatic heterocycles. The van der Waals surface area contributed by atoms with Crippen LogP contribution in [-0.4, -0.2) is 24.9 Å². The van der Waals surface area contributed by atoms with Gasteiger partial charge in [-0.05, 0) is 19.8 Å². The van der Waals surface area contributed by atoms with Crippen LogP contribution < -0.4 is 0 Å². The number of hydrogen-bond donors (Lipinski definition) is 0. The van der Waals surface area contributed by atoms with E-state index in [0.29, 0.717) is 18.3 Å². The maximum atomic E-state index is 5.72. The van der Waals surface area contributed by atoms with Gasteiger partial charge in [0.25, 0.3) is 0 Å². The predicted octanol–water partition coefficient (Wildman–Crippen LogP) is 4.71. The molecule has 0 aromatic carbocycles. The lowest BCUT2D eigenvalue weighted by atomic mass is 10.1. The van der Waals surface area contributed by atoms with Crippen LogP contribution in [0.25, 0.3) is 0 Å². The zero-order valence-corrected chi connectivity index (χ0v) is 12.6. The quantitative estimate of drug-likeness (QED) is 0.372. The summed E-state index contributed by atoms with van der Waals surface area (Å²) in [6.45, 7) is 7.47. The highest BCUT2D eigenvalue weighted by molar-refractivity contribution is 4.86. The summed E-state index contributed by atoms with van der Waals surface area (Å²) in [7, 11) is 0. The van der Waals surface area contributed by atoms with E-state index in [1.54, 1.807) is 0 Å². The molecule has 2 heteroatoms. The minimum atomic E-state index is 0.365. The number of ether oxygens (including phenoxy) is 2. The molecule has 1 aliphatic rings. The fraction of sp³-hybridized carbons (Fsp3) is 1.00. The van der Waals surface area contributed by atoms with Crippen molar-refractivity contribution in [1.29, 1.82) is 0 Å². The molecule has 0 N–H and O–H groups in total. The number of hydrogen-bond acceptors (Lipinski definition) is 2. The second-order valence-electron chi connectivity index (χ2n) is 5.69. The molecule has 0 aromatic heterocycles. The molecule has 18 heavy (non-hydrogen) atoms. The van der Waals surface area contributed by atoms with Crippen LogP contribution in [0.5, 0.6) is 0 Å². The van der Waals surface area contributed by atoms with Crippen LogP contribution in [0, 0.1) is 0 Å². The summed E-state index contributed by atoms with van der Waals surface area (Å²) in [6.07, 6.45) is 13.1. The average molecular weight is 256 g/mol. The van der Waals surface area contributed by atoms with E-state index in [9.17, 15) is 0 Å². The first kappa shape index (κ1) is 16.0. The molecule has 3 unspecified atom stereocenters. The van der Waals surface area contributed by atoms with E-state index in [1.165, 1.54) is 44.9 Å². The van der Waals surface area contributed by atoms with Crippen LogP contribution in [0.15, 0.2) is 0 Å². The molecule has 0 aliphatic carbocycles. The maximum absolute atomic E-state index is 5.72. The molecule has 0 bridgehead atoms. The van der Waals surface area contributed by atoms with Crippen molar-refractivity contribution in [3.8, 4) is 0 Å². The van der Waals surface area contributed by atoms with Gasteiger partial charge in [0.2, 0.25) is 0 Å². The Labute approximate surface area is 113 Å². The van der Waals surface area contributed by atoms with E-state index < -0.39 is 0 Å². The van der Waals surface area contributed by atoms with Gasteiger partial charge in [-0.2, -0.15) is 0 Å². The Balaban J connectivity index is 1.88. The predicted molar refractivity (Wildman–Crippen MR) is 77.0 cm³/mol. The van der Waals surface area contributed by atoms with Crippen LogP contribution in [-0.2, 0) is 9.47 Å². The van der Waals surface area contributed by atoms with Crippen LogP contribution in [0.3, 0.4) is 0 Å². The largest absolute Gasteiger partial charge is 0.378 e. The van der Waals surface area contributed by atoms with Gasteiger partial charge in [-0.3, -0.25) is 0 Å². The van der Waals surface area contributed by atoms with Crippen molar-refractivity contribution in [1.82, 2.24) is 0 Å². The third kappa shape index (κ3) is 7.38. The Kier molecular flexibility index (Phi) is 8.70. The zero-order valence-electron chi connectivity index (χ0n) is 12.6. The minimum absolute atomic E-state index is 0.365. The average Bonchev–Trinajstić information content (AvgIpc) is 3.09. The second-order valence-corrected chi connectivity index (χ2v) is 5.69. The third-order valence-electron chi connectivity index (χ3n) is 3.70. The van der Waals surface area contributed by atoms with Gasteiger partial charge in [-0.25, -0.2) is 0 Å². The fourth-order valence-electron chi connectivity index (χ4n) is 2.48. The van der Waals surface area contributed by atoms with Gasteiger partial charge >= 0.3 is 0 Å². The molecule has 0 aromatic rings. The lowest BCUT2D eigenvalue weighted by Crippen LogP contribution is -2.12. The monoisotopic (exact) mass is 256 g/mol. The van der Waals surface area contributed by atoms with Gasteiger partial charge < -0.3 is 9.47 Å². The van der Waals surface area contributed by atoms with E-state index in [0.717, 1.165) is 19.4 Å². The second kappa shape index (κ2) is 9.80. The van der Waals surface area contributed by atoms with Crippen molar-refractivity contribution in [3.05, 3.63) is 0 Å². The van der Waals surface area contributed by atoms with E-state index in [1.807, 2.05) is 0 Å². The Bertz CT molecular complexity index is 194. The third-order valence-corrected chi connectivity index (χ3v) is 3.70. The normalized spacial score (nSPS) is 24.2. The standard InChI is InChI=1S/C16H32O2/c1-4-6-7-8-9-10-11-15-16(18-15)13-14(3)17-12-5-2/h14-16H,4-13H2,1-3H3. The highest BCUT2D eigenvalue weighted by Crippen LogP contribution is 2.31. The first-order chi connectivity index (χ1) is 8.77. The Morgan fingerprint density at radius 1 is 0.944 bits per heavy atom. The zero-order chi connectivity index (χ0) is 13.2. The summed E-state index contributed by atoms with van der Waals surface area (Å²) < 4.78 is 11.4. The highest BCUT2D eigenvalue weighted by atomic mass is 16.6. The minimum Gasteiger partial charge on any atom is -0.378 e. The van der Waals surface area contributed by atoms with Crippen molar-refractivity contribution in [2.45, 2.75) is 96.9 Å². The van der Waals surface area contributed by atoms with E-state index in [2.05, 4.69) is 20.8 Å². The summed E-state index contributed by atoms with van der Waals surface area (Å²) in [5.41, 5.74) is 0. The first-order valence-corrected chi connectivity index (χ1v) is 8.05. The molecular weight excluding hydrogens is 224 g/mol.